The Bertz CT molecular complexity index is 679. The molecule has 21 heavy (non-hydrogen) atoms. The zero-order chi connectivity index (χ0) is 14.4. The molecule has 2 bridgehead atoms. The van der Waals surface area contributed by atoms with E-state index < -0.39 is 5.60 Å². The van der Waals surface area contributed by atoms with Crippen molar-refractivity contribution in [3.8, 4) is 11.5 Å². The lowest BCUT2D eigenvalue weighted by molar-refractivity contribution is -0.155. The van der Waals surface area contributed by atoms with Gasteiger partial charge in [-0.05, 0) is 55.2 Å². The second kappa shape index (κ2) is 3.46. The number of phenolic OH excluding ortho intramolecular Hbond substituents is 1. The van der Waals surface area contributed by atoms with Crippen LogP contribution in [0.3, 0.4) is 0 Å². The summed E-state index contributed by atoms with van der Waals surface area (Å²) in [7, 11) is 0. The van der Waals surface area contributed by atoms with E-state index in [0.717, 1.165) is 49.7 Å². The Morgan fingerprint density at radius 1 is 1.29 bits per heavy atom. The fraction of sp³-hybridized carbons (Fsp3) is 0.556. The van der Waals surface area contributed by atoms with Gasteiger partial charge < -0.3 is 14.9 Å². The van der Waals surface area contributed by atoms with Crippen LogP contribution in [0.2, 0.25) is 0 Å². The maximum atomic E-state index is 11.6. The molecule has 4 aliphatic rings. The highest BCUT2D eigenvalue weighted by Gasteiger charge is 2.70. The smallest absolute Gasteiger partial charge is 0.166 e. The molecule has 1 aromatic rings. The van der Waals surface area contributed by atoms with Gasteiger partial charge in [-0.1, -0.05) is 19.1 Å². The van der Waals surface area contributed by atoms with Crippen LogP contribution < -0.4 is 4.74 Å². The summed E-state index contributed by atoms with van der Waals surface area (Å²) in [6.45, 7) is 4.21. The fourth-order valence-electron chi connectivity index (χ4n) is 5.76. The highest BCUT2D eigenvalue weighted by atomic mass is 16.5. The Morgan fingerprint density at radius 2 is 2.14 bits per heavy atom. The van der Waals surface area contributed by atoms with Crippen molar-refractivity contribution >= 4 is 0 Å². The minimum Gasteiger partial charge on any atom is -0.504 e. The van der Waals surface area contributed by atoms with Gasteiger partial charge in [-0.25, -0.2) is 0 Å². The van der Waals surface area contributed by atoms with E-state index in [0.29, 0.717) is 11.7 Å². The molecular formula is C18H20O3. The molecule has 110 valence electrons. The van der Waals surface area contributed by atoms with Crippen LogP contribution in [0.15, 0.2) is 24.3 Å². The van der Waals surface area contributed by atoms with Crippen molar-refractivity contribution in [2.45, 2.75) is 55.6 Å². The van der Waals surface area contributed by atoms with E-state index in [2.05, 4.69) is 6.58 Å². The van der Waals surface area contributed by atoms with Crippen LogP contribution >= 0.6 is 0 Å². The van der Waals surface area contributed by atoms with E-state index in [-0.39, 0.29) is 17.3 Å². The number of rotatable bonds is 0. The fourth-order valence-corrected chi connectivity index (χ4v) is 5.76. The van der Waals surface area contributed by atoms with Crippen LogP contribution in [-0.2, 0) is 11.8 Å². The first-order valence-corrected chi connectivity index (χ1v) is 8.00. The minimum atomic E-state index is -0.691. The van der Waals surface area contributed by atoms with Gasteiger partial charge in [0.15, 0.2) is 11.5 Å². The molecule has 0 amide bonds. The van der Waals surface area contributed by atoms with Gasteiger partial charge in [-0.3, -0.25) is 0 Å². The van der Waals surface area contributed by atoms with Crippen LogP contribution in [-0.4, -0.2) is 21.9 Å². The third-order valence-electron chi connectivity index (χ3n) is 6.59. The second-order valence-electron chi connectivity index (χ2n) is 7.29. The summed E-state index contributed by atoms with van der Waals surface area (Å²) in [6, 6.07) is 3.77. The lowest BCUT2D eigenvalue weighted by Gasteiger charge is -2.60. The van der Waals surface area contributed by atoms with E-state index in [1.165, 1.54) is 5.56 Å². The topological polar surface area (TPSA) is 49.7 Å². The van der Waals surface area contributed by atoms with E-state index in [1.807, 2.05) is 6.07 Å². The first kappa shape index (κ1) is 12.1. The first-order chi connectivity index (χ1) is 10.1. The monoisotopic (exact) mass is 284 g/mol. The Morgan fingerprint density at radius 3 is 3.00 bits per heavy atom. The molecule has 3 aliphatic carbocycles. The zero-order valence-corrected chi connectivity index (χ0v) is 12.1. The van der Waals surface area contributed by atoms with Crippen molar-refractivity contribution in [1.29, 1.82) is 0 Å². The lowest BCUT2D eigenvalue weighted by atomic mass is 9.45. The van der Waals surface area contributed by atoms with Gasteiger partial charge in [0.25, 0.3) is 0 Å². The summed E-state index contributed by atoms with van der Waals surface area (Å²) in [5.74, 6) is 1.13. The molecule has 1 heterocycles. The molecule has 0 radical (unpaired) electrons. The van der Waals surface area contributed by atoms with Crippen LogP contribution in [0, 0.1) is 5.92 Å². The number of benzene rings is 1. The number of phenols is 1. The second-order valence-corrected chi connectivity index (χ2v) is 7.29. The molecule has 2 saturated carbocycles. The molecule has 0 saturated heterocycles. The lowest BCUT2D eigenvalue weighted by Crippen LogP contribution is -2.68. The third kappa shape index (κ3) is 1.11. The molecule has 4 atom stereocenters. The Labute approximate surface area is 124 Å². The largest absolute Gasteiger partial charge is 0.504 e. The number of hydrogen-bond donors (Lipinski definition) is 2. The van der Waals surface area contributed by atoms with Crippen molar-refractivity contribution in [3.05, 3.63) is 35.4 Å². The van der Waals surface area contributed by atoms with Crippen molar-refractivity contribution < 1.29 is 14.9 Å². The van der Waals surface area contributed by atoms with Gasteiger partial charge in [-0.15, -0.1) is 0 Å². The number of aliphatic hydroxyl groups is 1. The van der Waals surface area contributed by atoms with Gasteiger partial charge in [0, 0.05) is 5.56 Å². The predicted molar refractivity (Wildman–Crippen MR) is 78.6 cm³/mol. The molecule has 1 aliphatic heterocycles. The molecule has 0 unspecified atom stereocenters. The van der Waals surface area contributed by atoms with Gasteiger partial charge in [0.1, 0.15) is 6.10 Å². The first-order valence-electron chi connectivity index (χ1n) is 8.00. The molecule has 3 heteroatoms. The summed E-state index contributed by atoms with van der Waals surface area (Å²) >= 11 is 0. The molecule has 2 N–H and O–H groups in total. The molecule has 3 nitrogen and oxygen atoms in total. The van der Waals surface area contributed by atoms with Crippen molar-refractivity contribution in [1.82, 2.24) is 0 Å². The molecule has 0 aromatic heterocycles. The van der Waals surface area contributed by atoms with Gasteiger partial charge >= 0.3 is 0 Å². The van der Waals surface area contributed by atoms with Crippen molar-refractivity contribution in [2.24, 2.45) is 5.92 Å². The predicted octanol–water partition coefficient (Wildman–Crippen LogP) is 2.83. The van der Waals surface area contributed by atoms with E-state index in [9.17, 15) is 10.2 Å². The SMILES string of the molecule is C=C1CC[C@@]2(O)[C@@H]3CCC[C@@]24c2c(ccc(O)c2O[C@@H]14)C3. The number of ether oxygens (including phenoxy) is 1. The van der Waals surface area contributed by atoms with Gasteiger partial charge in [0.05, 0.1) is 11.0 Å². The molecule has 1 aromatic carbocycles. The molecule has 5 rings (SSSR count). The summed E-state index contributed by atoms with van der Waals surface area (Å²) in [5, 5.41) is 21.9. The summed E-state index contributed by atoms with van der Waals surface area (Å²) in [4.78, 5) is 0. The maximum absolute atomic E-state index is 11.6. The average Bonchev–Trinajstić information content (AvgIpc) is 2.80. The highest BCUT2D eigenvalue weighted by Crippen LogP contribution is 2.67. The van der Waals surface area contributed by atoms with E-state index in [1.54, 1.807) is 6.07 Å². The van der Waals surface area contributed by atoms with E-state index in [4.69, 9.17) is 4.74 Å². The van der Waals surface area contributed by atoms with Crippen LogP contribution in [0.1, 0.15) is 43.2 Å². The van der Waals surface area contributed by atoms with Crippen molar-refractivity contribution in [2.75, 3.05) is 0 Å². The summed E-state index contributed by atoms with van der Waals surface area (Å²) in [6.07, 6.45) is 5.49. The maximum Gasteiger partial charge on any atom is 0.166 e. The Kier molecular flexibility index (Phi) is 2.00. The average molecular weight is 284 g/mol. The van der Waals surface area contributed by atoms with E-state index >= 15 is 0 Å². The van der Waals surface area contributed by atoms with Crippen molar-refractivity contribution in [3.63, 3.8) is 0 Å². The summed E-state index contributed by atoms with van der Waals surface area (Å²) in [5.41, 5.74) is 2.36. The third-order valence-corrected chi connectivity index (χ3v) is 6.59. The highest BCUT2D eigenvalue weighted by molar-refractivity contribution is 5.63. The zero-order valence-electron chi connectivity index (χ0n) is 12.1. The minimum absolute atomic E-state index is 0.165. The Balaban J connectivity index is 1.89. The Hall–Kier alpha value is -1.48. The summed E-state index contributed by atoms with van der Waals surface area (Å²) < 4.78 is 6.18. The molecule has 2 fully saturated rings. The quantitative estimate of drug-likeness (QED) is 0.720. The standard InChI is InChI=1S/C18H20O3/c1-10-6-8-18(20)12-3-2-7-17(18)14-11(9-12)4-5-13(19)15(14)21-16(10)17/h4-5,12,16,19-20H,1-3,6-9H2/t12-,16+,17+,18-/m1/s1. The van der Waals surface area contributed by atoms with Gasteiger partial charge in [-0.2, -0.15) is 0 Å². The normalized spacial score (nSPS) is 42.4. The van der Waals surface area contributed by atoms with Crippen LogP contribution in [0.5, 0.6) is 11.5 Å². The van der Waals surface area contributed by atoms with Crippen LogP contribution in [0.4, 0.5) is 0 Å². The number of hydrogen-bond acceptors (Lipinski definition) is 3. The van der Waals surface area contributed by atoms with Gasteiger partial charge in [0.2, 0.25) is 0 Å². The molecular weight excluding hydrogens is 264 g/mol. The number of aromatic hydroxyl groups is 1. The van der Waals surface area contributed by atoms with Crippen LogP contribution in [0.25, 0.3) is 0 Å². The molecule has 1 spiro atoms.